The Hall–Kier alpha value is -1.22. The molecule has 14 heavy (non-hydrogen) atoms. The number of halogens is 1. The summed E-state index contributed by atoms with van der Waals surface area (Å²) >= 11 is 0. The summed E-state index contributed by atoms with van der Waals surface area (Å²) in [5, 5.41) is 9.26. The molecule has 2 nitrogen and oxygen atoms in total. The monoisotopic (exact) mass is 193 g/mol. The van der Waals surface area contributed by atoms with Crippen LogP contribution in [0.25, 0.3) is 0 Å². The second-order valence-corrected chi connectivity index (χ2v) is 3.56. The highest BCUT2D eigenvalue weighted by Gasteiger charge is 2.14. The predicted octanol–water partition coefficient (Wildman–Crippen LogP) is 1.84. The first kappa shape index (κ1) is 9.34. The predicted molar refractivity (Wildman–Crippen MR) is 51.2 cm³/mol. The minimum atomic E-state index is -0.408. The van der Waals surface area contributed by atoms with E-state index in [-0.39, 0.29) is 6.10 Å². The van der Waals surface area contributed by atoms with E-state index < -0.39 is 5.95 Å². The topological polar surface area (TPSA) is 33.1 Å². The van der Waals surface area contributed by atoms with Crippen molar-refractivity contribution in [2.45, 2.75) is 25.4 Å². The molecule has 1 heterocycles. The van der Waals surface area contributed by atoms with Crippen LogP contribution in [0.4, 0.5) is 4.39 Å². The summed E-state index contributed by atoms with van der Waals surface area (Å²) in [6, 6.07) is 3.46. The summed E-state index contributed by atoms with van der Waals surface area (Å²) in [7, 11) is 0. The van der Waals surface area contributed by atoms with Gasteiger partial charge >= 0.3 is 0 Å². The van der Waals surface area contributed by atoms with Crippen molar-refractivity contribution in [2.75, 3.05) is 0 Å². The van der Waals surface area contributed by atoms with Gasteiger partial charge in [-0.1, -0.05) is 17.7 Å². The van der Waals surface area contributed by atoms with Crippen LogP contribution in [0.3, 0.4) is 0 Å². The van der Waals surface area contributed by atoms with Crippen LogP contribution >= 0.6 is 0 Å². The molecule has 3 heteroatoms. The smallest absolute Gasteiger partial charge is 0.216 e. The average molecular weight is 193 g/mol. The van der Waals surface area contributed by atoms with Crippen LogP contribution in [0, 0.1) is 5.95 Å². The first-order valence-electron chi connectivity index (χ1n) is 4.73. The van der Waals surface area contributed by atoms with Gasteiger partial charge in [-0.25, -0.2) is 4.98 Å². The molecule has 0 saturated carbocycles. The van der Waals surface area contributed by atoms with E-state index in [2.05, 4.69) is 4.98 Å². The van der Waals surface area contributed by atoms with Crippen molar-refractivity contribution in [3.05, 3.63) is 41.5 Å². The van der Waals surface area contributed by atoms with Crippen molar-refractivity contribution in [3.63, 3.8) is 0 Å². The van der Waals surface area contributed by atoms with Crippen LogP contribution < -0.4 is 0 Å². The molecule has 74 valence electrons. The molecule has 0 saturated heterocycles. The van der Waals surface area contributed by atoms with E-state index >= 15 is 0 Å². The lowest BCUT2D eigenvalue weighted by atomic mass is 10.1. The summed E-state index contributed by atoms with van der Waals surface area (Å²) in [5.41, 5.74) is 1.71. The largest absolute Gasteiger partial charge is 0.389 e. The normalized spacial score (nSPS) is 21.0. The number of aliphatic hydroxyl groups is 1. The molecule has 0 spiro atoms. The SMILES string of the molecule is OC1C=C(Cc2cccnc2F)CC1. The second kappa shape index (κ2) is 3.88. The highest BCUT2D eigenvalue weighted by molar-refractivity contribution is 5.23. The van der Waals surface area contributed by atoms with Crippen LogP contribution in [0.15, 0.2) is 30.0 Å². The lowest BCUT2D eigenvalue weighted by Crippen LogP contribution is -1.94. The van der Waals surface area contributed by atoms with Gasteiger partial charge in [0, 0.05) is 11.8 Å². The van der Waals surface area contributed by atoms with Gasteiger partial charge in [-0.15, -0.1) is 0 Å². The molecular formula is C11H12FNO. The van der Waals surface area contributed by atoms with E-state index in [1.807, 2.05) is 6.08 Å². The third-order valence-electron chi connectivity index (χ3n) is 2.44. The zero-order valence-electron chi connectivity index (χ0n) is 7.78. The number of hydrogen-bond acceptors (Lipinski definition) is 2. The lowest BCUT2D eigenvalue weighted by Gasteiger charge is -2.01. The van der Waals surface area contributed by atoms with Crippen molar-refractivity contribution < 1.29 is 9.50 Å². The maximum atomic E-state index is 13.1. The first-order valence-corrected chi connectivity index (χ1v) is 4.73. The molecule has 1 N–H and O–H groups in total. The van der Waals surface area contributed by atoms with E-state index in [1.165, 1.54) is 6.20 Å². The molecule has 1 aliphatic carbocycles. The minimum absolute atomic E-state index is 0.343. The van der Waals surface area contributed by atoms with Crippen molar-refractivity contribution in [1.29, 1.82) is 0 Å². The lowest BCUT2D eigenvalue weighted by molar-refractivity contribution is 0.223. The molecule has 0 radical (unpaired) electrons. The highest BCUT2D eigenvalue weighted by atomic mass is 19.1. The Morgan fingerprint density at radius 1 is 1.57 bits per heavy atom. The Balaban J connectivity index is 2.12. The van der Waals surface area contributed by atoms with E-state index in [1.54, 1.807) is 12.1 Å². The average Bonchev–Trinajstić information content (AvgIpc) is 2.56. The number of rotatable bonds is 2. The molecule has 0 amide bonds. The van der Waals surface area contributed by atoms with Crippen molar-refractivity contribution >= 4 is 0 Å². The standard InChI is InChI=1S/C11H12FNO/c12-11-9(2-1-5-13-11)6-8-3-4-10(14)7-8/h1-2,5,7,10,14H,3-4,6H2. The maximum Gasteiger partial charge on any atom is 0.216 e. The summed E-state index contributed by atoms with van der Waals surface area (Å²) in [6.45, 7) is 0. The Morgan fingerprint density at radius 3 is 3.07 bits per heavy atom. The summed E-state index contributed by atoms with van der Waals surface area (Å²) in [4.78, 5) is 3.58. The van der Waals surface area contributed by atoms with Gasteiger partial charge in [0.1, 0.15) is 0 Å². The molecule has 0 fully saturated rings. The Kier molecular flexibility index (Phi) is 2.59. The molecule has 1 unspecified atom stereocenters. The summed E-state index contributed by atoms with van der Waals surface area (Å²) in [6.07, 6.45) is 5.09. The van der Waals surface area contributed by atoms with Gasteiger partial charge in [-0.05, 0) is 25.3 Å². The molecule has 0 aromatic carbocycles. The van der Waals surface area contributed by atoms with Crippen LogP contribution in [-0.2, 0) is 6.42 Å². The number of aliphatic hydroxyl groups excluding tert-OH is 1. The minimum Gasteiger partial charge on any atom is -0.389 e. The molecule has 1 aliphatic rings. The Bertz CT molecular complexity index is 362. The van der Waals surface area contributed by atoms with Gasteiger partial charge in [-0.2, -0.15) is 4.39 Å². The molecule has 1 aromatic heterocycles. The van der Waals surface area contributed by atoms with Crippen molar-refractivity contribution in [2.24, 2.45) is 0 Å². The summed E-state index contributed by atoms with van der Waals surface area (Å²) in [5.74, 6) is -0.408. The fourth-order valence-corrected chi connectivity index (χ4v) is 1.72. The summed E-state index contributed by atoms with van der Waals surface area (Å²) < 4.78 is 13.1. The molecular weight excluding hydrogens is 181 g/mol. The number of aromatic nitrogens is 1. The zero-order valence-corrected chi connectivity index (χ0v) is 7.78. The third kappa shape index (κ3) is 1.99. The van der Waals surface area contributed by atoms with Gasteiger partial charge in [0.25, 0.3) is 0 Å². The quantitative estimate of drug-likeness (QED) is 0.574. The van der Waals surface area contributed by atoms with Gasteiger partial charge in [-0.3, -0.25) is 0 Å². The van der Waals surface area contributed by atoms with Crippen LogP contribution in [0.5, 0.6) is 0 Å². The van der Waals surface area contributed by atoms with Crippen LogP contribution in [0.1, 0.15) is 18.4 Å². The van der Waals surface area contributed by atoms with E-state index in [9.17, 15) is 9.50 Å². The first-order chi connectivity index (χ1) is 6.75. The number of pyridine rings is 1. The van der Waals surface area contributed by atoms with E-state index in [0.29, 0.717) is 12.0 Å². The molecule has 2 rings (SSSR count). The highest BCUT2D eigenvalue weighted by Crippen LogP contribution is 2.22. The Labute approximate surface area is 82.1 Å². The fraction of sp³-hybridized carbons (Fsp3) is 0.364. The van der Waals surface area contributed by atoms with Crippen molar-refractivity contribution in [1.82, 2.24) is 4.98 Å². The van der Waals surface area contributed by atoms with Crippen LogP contribution in [0.2, 0.25) is 0 Å². The number of nitrogens with zero attached hydrogens (tertiary/aromatic N) is 1. The molecule has 0 aliphatic heterocycles. The molecule has 0 bridgehead atoms. The Morgan fingerprint density at radius 2 is 2.43 bits per heavy atom. The van der Waals surface area contributed by atoms with Gasteiger partial charge in [0.2, 0.25) is 5.95 Å². The zero-order chi connectivity index (χ0) is 9.97. The van der Waals surface area contributed by atoms with Gasteiger partial charge in [0.05, 0.1) is 6.10 Å². The van der Waals surface area contributed by atoms with Gasteiger partial charge in [0.15, 0.2) is 0 Å². The molecule has 1 atom stereocenters. The van der Waals surface area contributed by atoms with Crippen molar-refractivity contribution in [3.8, 4) is 0 Å². The van der Waals surface area contributed by atoms with E-state index in [0.717, 1.165) is 18.4 Å². The van der Waals surface area contributed by atoms with Gasteiger partial charge < -0.3 is 5.11 Å². The molecule has 1 aromatic rings. The fourth-order valence-electron chi connectivity index (χ4n) is 1.72. The maximum absolute atomic E-state index is 13.1. The van der Waals surface area contributed by atoms with E-state index in [4.69, 9.17) is 0 Å². The third-order valence-corrected chi connectivity index (χ3v) is 2.44. The second-order valence-electron chi connectivity index (χ2n) is 3.56. The van der Waals surface area contributed by atoms with Crippen LogP contribution in [-0.4, -0.2) is 16.2 Å². The number of hydrogen-bond donors (Lipinski definition) is 1. The number of allylic oxidation sites excluding steroid dienone is 1.